The van der Waals surface area contributed by atoms with Crippen LogP contribution in [-0.4, -0.2) is 35.1 Å². The maximum absolute atomic E-state index is 4.65. The highest BCUT2D eigenvalue weighted by molar-refractivity contribution is 5.99. The van der Waals surface area contributed by atoms with Crippen molar-refractivity contribution in [2.24, 2.45) is 0 Å². The molecule has 0 bridgehead atoms. The summed E-state index contributed by atoms with van der Waals surface area (Å²) in [6, 6.07) is 24.6. The van der Waals surface area contributed by atoms with Gasteiger partial charge in [0.2, 0.25) is 0 Å². The highest BCUT2D eigenvalue weighted by Crippen LogP contribution is 2.33. The lowest BCUT2D eigenvalue weighted by Crippen LogP contribution is -2.12. The smallest absolute Gasteiger partial charge is 0.155 e. The van der Waals surface area contributed by atoms with E-state index in [2.05, 4.69) is 82.9 Å². The van der Waals surface area contributed by atoms with Crippen LogP contribution in [0.4, 0.5) is 0 Å². The molecule has 0 unspecified atom stereocenters. The van der Waals surface area contributed by atoms with Crippen molar-refractivity contribution in [1.82, 2.24) is 40.4 Å². The lowest BCUT2D eigenvalue weighted by molar-refractivity contribution is 0.691. The van der Waals surface area contributed by atoms with E-state index >= 15 is 0 Å². The predicted molar refractivity (Wildman–Crippen MR) is 152 cm³/mol. The van der Waals surface area contributed by atoms with E-state index < -0.39 is 0 Å². The van der Waals surface area contributed by atoms with Crippen LogP contribution < -0.4 is 5.32 Å². The van der Waals surface area contributed by atoms with Crippen LogP contribution in [0.15, 0.2) is 104 Å². The third-order valence-corrected chi connectivity index (χ3v) is 6.77. The highest BCUT2D eigenvalue weighted by Gasteiger charge is 2.16. The number of fused-ring (bicyclic) bond motifs is 2. The molecular weight excluding hydrogens is 484 g/mol. The Hall–Kier alpha value is -5.21. The second kappa shape index (κ2) is 9.92. The minimum absolute atomic E-state index is 0.721. The monoisotopic (exact) mass is 508 g/mol. The minimum Gasteiger partial charge on any atom is -0.338 e. The lowest BCUT2D eigenvalue weighted by Gasteiger charge is -2.07. The molecule has 0 radical (unpaired) electrons. The third-order valence-electron chi connectivity index (χ3n) is 6.77. The van der Waals surface area contributed by atoms with Crippen LogP contribution in [-0.2, 0) is 13.1 Å². The largest absolute Gasteiger partial charge is 0.338 e. The van der Waals surface area contributed by atoms with E-state index in [0.29, 0.717) is 0 Å². The Morgan fingerprint density at radius 3 is 2.44 bits per heavy atom. The van der Waals surface area contributed by atoms with Crippen LogP contribution in [0.1, 0.15) is 11.1 Å². The first-order valence-corrected chi connectivity index (χ1v) is 12.7. The van der Waals surface area contributed by atoms with Gasteiger partial charge in [0.05, 0.1) is 11.4 Å². The summed E-state index contributed by atoms with van der Waals surface area (Å²) in [6.07, 6.45) is 9.22. The van der Waals surface area contributed by atoms with Gasteiger partial charge in [-0.1, -0.05) is 36.4 Å². The maximum Gasteiger partial charge on any atom is 0.155 e. The van der Waals surface area contributed by atoms with Gasteiger partial charge in [0.1, 0.15) is 11.3 Å². The van der Waals surface area contributed by atoms with Crippen molar-refractivity contribution in [1.29, 1.82) is 0 Å². The van der Waals surface area contributed by atoms with Crippen molar-refractivity contribution in [2.45, 2.75) is 13.1 Å². The summed E-state index contributed by atoms with van der Waals surface area (Å²) in [5.41, 5.74) is 9.43. The van der Waals surface area contributed by atoms with E-state index in [-0.39, 0.29) is 0 Å². The van der Waals surface area contributed by atoms with Gasteiger partial charge >= 0.3 is 0 Å². The van der Waals surface area contributed by atoms with Gasteiger partial charge in [-0.05, 0) is 47.5 Å². The molecule has 0 aliphatic heterocycles. The van der Waals surface area contributed by atoms with Crippen LogP contribution in [0, 0.1) is 0 Å². The van der Waals surface area contributed by atoms with Gasteiger partial charge in [-0.2, -0.15) is 5.10 Å². The quantitative estimate of drug-likeness (QED) is 0.247. The van der Waals surface area contributed by atoms with Gasteiger partial charge in [0.25, 0.3) is 0 Å². The number of aromatic nitrogens is 7. The molecule has 8 nitrogen and oxygen atoms in total. The number of pyridine rings is 4. The molecule has 7 aromatic rings. The molecule has 6 heterocycles. The Morgan fingerprint density at radius 2 is 1.54 bits per heavy atom. The second-order valence-corrected chi connectivity index (χ2v) is 9.38. The van der Waals surface area contributed by atoms with E-state index in [9.17, 15) is 0 Å². The number of hydrogen-bond acceptors (Lipinski definition) is 6. The van der Waals surface area contributed by atoms with E-state index in [4.69, 9.17) is 0 Å². The van der Waals surface area contributed by atoms with Crippen molar-refractivity contribution >= 4 is 22.1 Å². The first-order valence-electron chi connectivity index (χ1n) is 12.7. The molecule has 188 valence electrons. The van der Waals surface area contributed by atoms with Gasteiger partial charge in [-0.15, -0.1) is 0 Å². The van der Waals surface area contributed by atoms with E-state index in [0.717, 1.165) is 74.5 Å². The van der Waals surface area contributed by atoms with Crippen LogP contribution in [0.5, 0.6) is 0 Å². The van der Waals surface area contributed by atoms with Crippen molar-refractivity contribution in [3.05, 3.63) is 115 Å². The maximum atomic E-state index is 4.65. The van der Waals surface area contributed by atoms with Gasteiger partial charge in [-0.25, -0.2) is 9.97 Å². The van der Waals surface area contributed by atoms with Gasteiger partial charge in [0, 0.05) is 71.5 Å². The molecular formula is C31H24N8. The Bertz CT molecular complexity index is 1890. The zero-order chi connectivity index (χ0) is 26.0. The molecule has 0 amide bonds. The summed E-state index contributed by atoms with van der Waals surface area (Å²) >= 11 is 0. The fraction of sp³-hybridized carbons (Fsp3) is 0.0645. The number of rotatable bonds is 7. The van der Waals surface area contributed by atoms with Crippen LogP contribution in [0.25, 0.3) is 55.8 Å². The number of benzene rings is 1. The molecule has 0 spiro atoms. The topological polar surface area (TPSA) is 108 Å². The standard InChI is InChI=1S/C31H24N8/c1-2-6-20(7-3-1)15-32-16-21-12-22(18-33-17-21)23-13-26-29(38-39-31(26)36-19-23)28-14-25-24(9-11-35-30(25)37-28)27-8-4-5-10-34-27/h1-14,17-19,32H,15-16H2,(H,35,37)(H,36,38,39). The Labute approximate surface area is 224 Å². The summed E-state index contributed by atoms with van der Waals surface area (Å²) in [4.78, 5) is 21.6. The minimum atomic E-state index is 0.721. The average molecular weight is 509 g/mol. The molecule has 1 aromatic carbocycles. The number of hydrogen-bond donors (Lipinski definition) is 3. The lowest BCUT2D eigenvalue weighted by atomic mass is 10.1. The summed E-state index contributed by atoms with van der Waals surface area (Å²) in [6.45, 7) is 1.53. The molecule has 8 heteroatoms. The van der Waals surface area contributed by atoms with Crippen LogP contribution in [0.2, 0.25) is 0 Å². The van der Waals surface area contributed by atoms with E-state index in [1.165, 1.54) is 5.56 Å². The number of H-pyrrole nitrogens is 2. The molecule has 0 saturated heterocycles. The number of nitrogens with zero attached hydrogens (tertiary/aromatic N) is 5. The molecule has 0 saturated carbocycles. The molecule has 0 aliphatic carbocycles. The molecule has 0 aliphatic rings. The zero-order valence-electron chi connectivity index (χ0n) is 21.0. The van der Waals surface area contributed by atoms with Gasteiger partial charge in [0.15, 0.2) is 5.65 Å². The fourth-order valence-corrected chi connectivity index (χ4v) is 4.86. The van der Waals surface area contributed by atoms with Crippen LogP contribution >= 0.6 is 0 Å². The Kier molecular flexibility index (Phi) is 5.84. The number of nitrogens with one attached hydrogen (secondary N) is 3. The molecule has 3 N–H and O–H groups in total. The summed E-state index contributed by atoms with van der Waals surface area (Å²) in [7, 11) is 0. The van der Waals surface area contributed by atoms with Crippen molar-refractivity contribution in [3.63, 3.8) is 0 Å². The highest BCUT2D eigenvalue weighted by atomic mass is 15.2. The molecule has 7 rings (SSSR count). The second-order valence-electron chi connectivity index (χ2n) is 9.38. The van der Waals surface area contributed by atoms with Crippen molar-refractivity contribution < 1.29 is 0 Å². The van der Waals surface area contributed by atoms with E-state index in [1.807, 2.05) is 48.9 Å². The summed E-state index contributed by atoms with van der Waals surface area (Å²) in [5, 5.41) is 13.1. The molecule has 0 fully saturated rings. The fourth-order valence-electron chi connectivity index (χ4n) is 4.86. The van der Waals surface area contributed by atoms with Gasteiger partial charge in [-0.3, -0.25) is 15.1 Å². The first kappa shape index (κ1) is 22.9. The molecule has 39 heavy (non-hydrogen) atoms. The number of aromatic amines is 2. The SMILES string of the molecule is c1ccc(CNCc2cncc(-c3cnc4[nH]nc(-c5cc6c(-c7ccccn7)ccnc6[nH]5)c4c3)c2)cc1. The van der Waals surface area contributed by atoms with Gasteiger partial charge < -0.3 is 10.3 Å². The predicted octanol–water partition coefficient (Wildman–Crippen LogP) is 5.92. The Morgan fingerprint density at radius 1 is 0.667 bits per heavy atom. The molecule has 0 atom stereocenters. The first-order chi connectivity index (χ1) is 19.3. The zero-order valence-corrected chi connectivity index (χ0v) is 21.0. The summed E-state index contributed by atoms with van der Waals surface area (Å²) < 4.78 is 0. The third kappa shape index (κ3) is 4.54. The summed E-state index contributed by atoms with van der Waals surface area (Å²) in [5.74, 6) is 0. The average Bonchev–Trinajstić information content (AvgIpc) is 3.62. The van der Waals surface area contributed by atoms with Crippen molar-refractivity contribution in [2.75, 3.05) is 0 Å². The van der Waals surface area contributed by atoms with Crippen LogP contribution in [0.3, 0.4) is 0 Å². The normalized spacial score (nSPS) is 11.4. The Balaban J connectivity index is 1.20. The van der Waals surface area contributed by atoms with E-state index in [1.54, 1.807) is 12.4 Å². The van der Waals surface area contributed by atoms with Crippen molar-refractivity contribution in [3.8, 4) is 33.8 Å². The molecule has 6 aromatic heterocycles.